The molecule has 0 aromatic carbocycles. The minimum Gasteiger partial charge on any atom is -0.479 e. The van der Waals surface area contributed by atoms with Gasteiger partial charge in [0.05, 0.1) is 12.2 Å². The van der Waals surface area contributed by atoms with Gasteiger partial charge in [-0.25, -0.2) is 9.59 Å². The Morgan fingerprint density at radius 1 is 1.29 bits per heavy atom. The molecule has 0 aromatic rings. The maximum absolute atomic E-state index is 13.7. The van der Waals surface area contributed by atoms with Gasteiger partial charge in [0.2, 0.25) is 11.2 Å². The number of carboxylic acids is 1. The molecule has 2 aliphatic heterocycles. The molecule has 168 valence electrons. The monoisotopic (exact) mass is 431 g/mol. The average molecular weight is 431 g/mol. The number of rotatable bonds is 2. The average Bonchev–Trinajstić information content (AvgIpc) is 3.00. The molecule has 31 heavy (non-hydrogen) atoms. The van der Waals surface area contributed by atoms with Crippen molar-refractivity contribution < 1.29 is 34.4 Å². The molecule has 0 aromatic heterocycles. The molecule has 0 saturated carbocycles. The Morgan fingerprint density at radius 3 is 2.65 bits per heavy atom. The van der Waals surface area contributed by atoms with Crippen LogP contribution in [0.2, 0.25) is 0 Å². The summed E-state index contributed by atoms with van der Waals surface area (Å²) in [5.41, 5.74) is -5.36. The fourth-order valence-corrected chi connectivity index (χ4v) is 6.55. The van der Waals surface area contributed by atoms with Gasteiger partial charge >= 0.3 is 11.9 Å². The quantitative estimate of drug-likeness (QED) is 0.434. The summed E-state index contributed by atoms with van der Waals surface area (Å²) in [4.78, 5) is 28.4. The van der Waals surface area contributed by atoms with Gasteiger partial charge in [0.25, 0.3) is 0 Å². The maximum atomic E-state index is 13.7. The summed E-state index contributed by atoms with van der Waals surface area (Å²) in [7, 11) is 2.05. The molecule has 8 nitrogen and oxygen atoms in total. The molecule has 8 heteroatoms. The molecule has 2 saturated heterocycles. The number of carbonyl (C=O) groups is 2. The Kier molecular flexibility index (Phi) is 4.09. The molecule has 7 atom stereocenters. The smallest absolute Gasteiger partial charge is 0.347 e. The van der Waals surface area contributed by atoms with E-state index in [1.54, 1.807) is 32.9 Å². The van der Waals surface area contributed by atoms with Crippen LogP contribution in [0.5, 0.6) is 0 Å². The standard InChI is InChI=1S/C23H29NO7/c1-20(2,3)31-19(28)23-16-12(7-8-22(23,29)18(26)27)11-14-13-5-6-15(25)17(30-23)21(13,16)9-10-24(14)4/h5-8,13-15,17,25,29H,9-11H2,1-4H3,(H,26,27)/t13-,14+,15-,17-,21-,22?,23?/m0/s1. The molecule has 2 bridgehead atoms. The third-order valence-electron chi connectivity index (χ3n) is 7.73. The van der Waals surface area contributed by atoms with Crippen molar-refractivity contribution in [3.05, 3.63) is 35.5 Å². The third-order valence-corrected chi connectivity index (χ3v) is 7.73. The van der Waals surface area contributed by atoms with E-state index in [0.29, 0.717) is 25.0 Å². The number of aliphatic hydroxyl groups is 2. The van der Waals surface area contributed by atoms with E-state index >= 15 is 0 Å². The lowest BCUT2D eigenvalue weighted by Gasteiger charge is -2.58. The number of piperidine rings is 1. The SMILES string of the molecule is CN1CC[C@]23C4=C5C=CC(O)(C(=O)O)C4(C(=O)OC(C)(C)C)O[C@H]2[C@@H](O)C=C[C@H]3[C@H]1C5. The zero-order valence-corrected chi connectivity index (χ0v) is 18.2. The Bertz CT molecular complexity index is 961. The number of allylic oxidation sites excluding steroid dienone is 1. The summed E-state index contributed by atoms with van der Waals surface area (Å²) >= 11 is 0. The first-order chi connectivity index (χ1) is 14.4. The highest BCUT2D eigenvalue weighted by atomic mass is 16.6. The summed E-state index contributed by atoms with van der Waals surface area (Å²) in [6.07, 6.45) is 5.66. The second-order valence-electron chi connectivity index (χ2n) is 10.5. The minimum absolute atomic E-state index is 0.0766. The van der Waals surface area contributed by atoms with Crippen molar-refractivity contribution in [2.45, 2.75) is 68.7 Å². The van der Waals surface area contributed by atoms with Crippen molar-refractivity contribution in [1.29, 1.82) is 0 Å². The molecule has 2 unspecified atom stereocenters. The molecular formula is C23H29NO7. The van der Waals surface area contributed by atoms with Gasteiger partial charge in [-0.3, -0.25) is 0 Å². The summed E-state index contributed by atoms with van der Waals surface area (Å²) in [5, 5.41) is 32.5. The largest absolute Gasteiger partial charge is 0.479 e. The zero-order valence-electron chi connectivity index (χ0n) is 18.2. The highest BCUT2D eigenvalue weighted by Gasteiger charge is 2.79. The lowest BCUT2D eigenvalue weighted by molar-refractivity contribution is -0.216. The fourth-order valence-electron chi connectivity index (χ4n) is 6.55. The van der Waals surface area contributed by atoms with Gasteiger partial charge in [-0.15, -0.1) is 0 Å². The van der Waals surface area contributed by atoms with Gasteiger partial charge in [0.15, 0.2) is 0 Å². The van der Waals surface area contributed by atoms with E-state index in [4.69, 9.17) is 9.47 Å². The zero-order chi connectivity index (χ0) is 22.6. The number of carboxylic acid groups (broad SMARTS) is 1. The Hall–Kier alpha value is -2.00. The number of likely N-dealkylation sites (tertiary alicyclic amines) is 1. The van der Waals surface area contributed by atoms with E-state index in [1.165, 1.54) is 0 Å². The molecule has 3 N–H and O–H groups in total. The number of aliphatic carboxylic acids is 1. The number of aliphatic hydroxyl groups excluding tert-OH is 1. The van der Waals surface area contributed by atoms with Gasteiger partial charge in [-0.05, 0) is 64.4 Å². The number of esters is 1. The van der Waals surface area contributed by atoms with Gasteiger partial charge in [-0.1, -0.05) is 18.2 Å². The second-order valence-corrected chi connectivity index (χ2v) is 10.5. The van der Waals surface area contributed by atoms with E-state index in [9.17, 15) is 24.9 Å². The second kappa shape index (κ2) is 6.07. The number of nitrogens with zero attached hydrogens (tertiary/aromatic N) is 1. The van der Waals surface area contributed by atoms with Crippen molar-refractivity contribution >= 4 is 11.9 Å². The number of ether oxygens (including phenoxy) is 2. The van der Waals surface area contributed by atoms with Crippen LogP contribution in [0.1, 0.15) is 33.6 Å². The first kappa shape index (κ1) is 20.9. The van der Waals surface area contributed by atoms with E-state index in [-0.39, 0.29) is 12.0 Å². The summed E-state index contributed by atoms with van der Waals surface area (Å²) in [6, 6.07) is 0.123. The molecule has 0 radical (unpaired) electrons. The van der Waals surface area contributed by atoms with Crippen molar-refractivity contribution in [3.63, 3.8) is 0 Å². The molecule has 5 aliphatic rings. The molecule has 2 fully saturated rings. The van der Waals surface area contributed by atoms with Crippen LogP contribution in [0, 0.1) is 11.3 Å². The van der Waals surface area contributed by atoms with Crippen LogP contribution in [0.4, 0.5) is 0 Å². The van der Waals surface area contributed by atoms with Crippen LogP contribution in [0.25, 0.3) is 0 Å². The lowest BCUT2D eigenvalue weighted by atomic mass is 9.49. The van der Waals surface area contributed by atoms with E-state index < -0.39 is 46.4 Å². The lowest BCUT2D eigenvalue weighted by Crippen LogP contribution is -2.68. The Morgan fingerprint density at radius 2 is 2.00 bits per heavy atom. The summed E-state index contributed by atoms with van der Waals surface area (Å²) in [6.45, 7) is 5.75. The van der Waals surface area contributed by atoms with Crippen LogP contribution in [-0.2, 0) is 19.1 Å². The highest BCUT2D eigenvalue weighted by Crippen LogP contribution is 2.68. The molecular weight excluding hydrogens is 402 g/mol. The van der Waals surface area contributed by atoms with Crippen molar-refractivity contribution in [3.8, 4) is 0 Å². The first-order valence-corrected chi connectivity index (χ1v) is 10.8. The van der Waals surface area contributed by atoms with Crippen molar-refractivity contribution in [1.82, 2.24) is 4.90 Å². The minimum atomic E-state index is -2.65. The highest BCUT2D eigenvalue weighted by molar-refractivity contribution is 5.99. The predicted molar refractivity (Wildman–Crippen MR) is 109 cm³/mol. The third kappa shape index (κ3) is 2.34. The summed E-state index contributed by atoms with van der Waals surface area (Å²) in [5.74, 6) is -2.61. The predicted octanol–water partition coefficient (Wildman–Crippen LogP) is 0.789. The van der Waals surface area contributed by atoms with Crippen LogP contribution in [-0.4, -0.2) is 80.8 Å². The number of carbonyl (C=O) groups excluding carboxylic acids is 1. The maximum Gasteiger partial charge on any atom is 0.347 e. The van der Waals surface area contributed by atoms with Crippen molar-refractivity contribution in [2.24, 2.45) is 11.3 Å². The van der Waals surface area contributed by atoms with Gasteiger partial charge in [0.1, 0.15) is 5.60 Å². The van der Waals surface area contributed by atoms with Crippen LogP contribution in [0.3, 0.4) is 0 Å². The molecule has 3 aliphatic carbocycles. The number of hydrogen-bond acceptors (Lipinski definition) is 7. The Labute approximate surface area is 180 Å². The molecule has 5 rings (SSSR count). The van der Waals surface area contributed by atoms with Gasteiger partial charge < -0.3 is 29.7 Å². The van der Waals surface area contributed by atoms with Crippen molar-refractivity contribution in [2.75, 3.05) is 13.6 Å². The fraction of sp³-hybridized carbons (Fsp3) is 0.652. The van der Waals surface area contributed by atoms with Gasteiger partial charge in [0, 0.05) is 17.4 Å². The van der Waals surface area contributed by atoms with E-state index in [1.807, 2.05) is 13.1 Å². The summed E-state index contributed by atoms with van der Waals surface area (Å²) < 4.78 is 12.0. The van der Waals surface area contributed by atoms with Crippen LogP contribution >= 0.6 is 0 Å². The molecule has 1 spiro atoms. The number of hydrogen-bond donors (Lipinski definition) is 3. The van der Waals surface area contributed by atoms with E-state index in [0.717, 1.165) is 11.6 Å². The molecule has 2 heterocycles. The van der Waals surface area contributed by atoms with E-state index in [2.05, 4.69) is 4.90 Å². The first-order valence-electron chi connectivity index (χ1n) is 10.8. The molecule has 0 amide bonds. The van der Waals surface area contributed by atoms with Gasteiger partial charge in [-0.2, -0.15) is 0 Å². The van der Waals surface area contributed by atoms with Crippen LogP contribution in [0.15, 0.2) is 35.5 Å². The normalized spacial score (nSPS) is 45.5. The van der Waals surface area contributed by atoms with Crippen LogP contribution < -0.4 is 0 Å². The topological polar surface area (TPSA) is 117 Å². The Balaban J connectivity index is 1.82.